The number of aromatic amines is 1. The lowest BCUT2D eigenvalue weighted by Crippen LogP contribution is -2.17. The number of H-pyrrole nitrogens is 1. The van der Waals surface area contributed by atoms with Crippen molar-refractivity contribution < 1.29 is 9.13 Å². The predicted octanol–water partition coefficient (Wildman–Crippen LogP) is 4.99. The van der Waals surface area contributed by atoms with Crippen molar-refractivity contribution in [2.75, 3.05) is 7.11 Å². The standard InChI is InChI=1S/C27H22FN3O2/c1-33-22-12-6-8-19(14-22)16-24-27(32)31-17-25(20-9-3-2-4-10-20)29-23(26(31)30-24)15-18-7-5-11-21(28)13-18/h2-14,17,29H,15-16H2,1H3. The Balaban J connectivity index is 1.63. The molecule has 0 saturated heterocycles. The molecule has 2 aliphatic rings. The van der Waals surface area contributed by atoms with Gasteiger partial charge in [-0.05, 0) is 41.0 Å². The summed E-state index contributed by atoms with van der Waals surface area (Å²) in [5.74, 6) is 0.978. The van der Waals surface area contributed by atoms with Crippen LogP contribution in [-0.4, -0.2) is 21.6 Å². The number of imidazole rings is 1. The molecule has 0 amide bonds. The molecule has 164 valence electrons. The topological polar surface area (TPSA) is 59.9 Å². The van der Waals surface area contributed by atoms with Crippen LogP contribution in [0.5, 0.6) is 5.75 Å². The van der Waals surface area contributed by atoms with Gasteiger partial charge in [-0.15, -0.1) is 0 Å². The first-order chi connectivity index (χ1) is 16.1. The zero-order valence-corrected chi connectivity index (χ0v) is 18.1. The Morgan fingerprint density at radius 1 is 0.939 bits per heavy atom. The summed E-state index contributed by atoms with van der Waals surface area (Å²) in [7, 11) is 1.61. The molecule has 1 N–H and O–H groups in total. The van der Waals surface area contributed by atoms with E-state index in [2.05, 4.69) is 4.98 Å². The fourth-order valence-corrected chi connectivity index (χ4v) is 4.01. The minimum Gasteiger partial charge on any atom is -0.497 e. The molecule has 6 heteroatoms. The van der Waals surface area contributed by atoms with Crippen LogP contribution in [0.3, 0.4) is 0 Å². The number of halogens is 1. The summed E-state index contributed by atoms with van der Waals surface area (Å²) in [5.41, 5.74) is 4.49. The van der Waals surface area contributed by atoms with Crippen LogP contribution in [0.15, 0.2) is 89.9 Å². The summed E-state index contributed by atoms with van der Waals surface area (Å²) in [4.78, 5) is 21.5. The van der Waals surface area contributed by atoms with E-state index < -0.39 is 0 Å². The molecule has 5 nitrogen and oxygen atoms in total. The van der Waals surface area contributed by atoms with Gasteiger partial charge < -0.3 is 9.72 Å². The van der Waals surface area contributed by atoms with E-state index in [9.17, 15) is 9.18 Å². The van der Waals surface area contributed by atoms with Crippen LogP contribution in [0.2, 0.25) is 0 Å². The maximum atomic E-state index is 13.8. The third-order valence-corrected chi connectivity index (χ3v) is 5.61. The minimum atomic E-state index is -0.297. The second-order valence-corrected chi connectivity index (χ2v) is 7.90. The lowest BCUT2D eigenvalue weighted by molar-refractivity contribution is 0.414. The molecule has 0 bridgehead atoms. The molecule has 0 unspecified atom stereocenters. The zero-order chi connectivity index (χ0) is 22.8. The van der Waals surface area contributed by atoms with Gasteiger partial charge in [-0.1, -0.05) is 54.6 Å². The number of hydrogen-bond acceptors (Lipinski definition) is 3. The molecule has 33 heavy (non-hydrogen) atoms. The SMILES string of the molecule is COc1cccc(Cc2nc3c(Cc4cccc(F)c4)[nH]c(-c4ccccc4)cn-3c2=O)c1. The van der Waals surface area contributed by atoms with Crippen LogP contribution in [0.1, 0.15) is 22.5 Å². The van der Waals surface area contributed by atoms with Gasteiger partial charge in [-0.3, -0.25) is 9.36 Å². The highest BCUT2D eigenvalue weighted by atomic mass is 19.1. The number of fused-ring (bicyclic) bond motifs is 1. The van der Waals surface area contributed by atoms with E-state index >= 15 is 0 Å². The van der Waals surface area contributed by atoms with E-state index in [1.165, 1.54) is 12.1 Å². The lowest BCUT2D eigenvalue weighted by Gasteiger charge is -2.13. The van der Waals surface area contributed by atoms with E-state index in [-0.39, 0.29) is 11.4 Å². The minimum absolute atomic E-state index is 0.167. The molecule has 5 rings (SSSR count). The van der Waals surface area contributed by atoms with Crippen LogP contribution in [-0.2, 0) is 12.8 Å². The molecule has 3 aromatic carbocycles. The molecule has 0 fully saturated rings. The highest BCUT2D eigenvalue weighted by molar-refractivity contribution is 5.60. The van der Waals surface area contributed by atoms with Crippen molar-refractivity contribution in [3.8, 4) is 22.8 Å². The smallest absolute Gasteiger partial charge is 0.278 e. The van der Waals surface area contributed by atoms with E-state index in [0.717, 1.165) is 33.8 Å². The summed E-state index contributed by atoms with van der Waals surface area (Å²) in [6.07, 6.45) is 2.58. The first-order valence-electron chi connectivity index (χ1n) is 10.7. The van der Waals surface area contributed by atoms with Crippen molar-refractivity contribution in [2.45, 2.75) is 12.8 Å². The predicted molar refractivity (Wildman–Crippen MR) is 126 cm³/mol. The Hall–Kier alpha value is -4.19. The van der Waals surface area contributed by atoms with E-state index in [4.69, 9.17) is 9.72 Å². The number of benzene rings is 3. The molecular formula is C27H22FN3O2. The quantitative estimate of drug-likeness (QED) is 0.405. The van der Waals surface area contributed by atoms with Crippen LogP contribution >= 0.6 is 0 Å². The van der Waals surface area contributed by atoms with Gasteiger partial charge in [0.15, 0.2) is 5.82 Å². The van der Waals surface area contributed by atoms with Gasteiger partial charge in [0, 0.05) is 19.0 Å². The van der Waals surface area contributed by atoms with Gasteiger partial charge in [0.1, 0.15) is 17.3 Å². The van der Waals surface area contributed by atoms with Crippen LogP contribution < -0.4 is 10.3 Å². The van der Waals surface area contributed by atoms with Gasteiger partial charge in [-0.2, -0.15) is 0 Å². The fourth-order valence-electron chi connectivity index (χ4n) is 4.01. The summed E-state index contributed by atoms with van der Waals surface area (Å²) >= 11 is 0. The number of hydrogen-bond donors (Lipinski definition) is 1. The number of ether oxygens (including phenoxy) is 1. The molecule has 0 spiro atoms. The number of aromatic nitrogens is 3. The number of rotatable bonds is 6. The van der Waals surface area contributed by atoms with Gasteiger partial charge in [0.05, 0.1) is 18.5 Å². The molecule has 2 heterocycles. The highest BCUT2D eigenvalue weighted by Crippen LogP contribution is 2.24. The maximum Gasteiger partial charge on any atom is 0.278 e. The Bertz CT molecular complexity index is 1440. The molecule has 3 aromatic rings. The summed E-state index contributed by atoms with van der Waals surface area (Å²) in [6.45, 7) is 0. The van der Waals surface area contributed by atoms with Crippen LogP contribution in [0.4, 0.5) is 4.39 Å². The van der Waals surface area contributed by atoms with E-state index in [1.54, 1.807) is 23.9 Å². The lowest BCUT2D eigenvalue weighted by atomic mass is 10.1. The van der Waals surface area contributed by atoms with Gasteiger partial charge >= 0.3 is 0 Å². The monoisotopic (exact) mass is 439 g/mol. The van der Waals surface area contributed by atoms with Gasteiger partial charge in [0.2, 0.25) is 0 Å². The van der Waals surface area contributed by atoms with Crippen molar-refractivity contribution >= 4 is 0 Å². The molecule has 2 aliphatic heterocycles. The van der Waals surface area contributed by atoms with E-state index in [1.807, 2.05) is 60.7 Å². The highest BCUT2D eigenvalue weighted by Gasteiger charge is 2.20. The largest absolute Gasteiger partial charge is 0.497 e. The Labute approximate surface area is 190 Å². The average molecular weight is 439 g/mol. The van der Waals surface area contributed by atoms with Gasteiger partial charge in [0.25, 0.3) is 5.56 Å². The molecular weight excluding hydrogens is 417 g/mol. The van der Waals surface area contributed by atoms with Crippen LogP contribution in [0.25, 0.3) is 17.1 Å². The van der Waals surface area contributed by atoms with Crippen molar-refractivity contribution in [3.63, 3.8) is 0 Å². The Morgan fingerprint density at radius 2 is 1.70 bits per heavy atom. The number of methoxy groups -OCH3 is 1. The fraction of sp³-hybridized carbons (Fsp3) is 0.111. The van der Waals surface area contributed by atoms with Crippen molar-refractivity contribution in [3.05, 3.63) is 124 Å². The maximum absolute atomic E-state index is 13.8. The molecule has 0 atom stereocenters. The summed E-state index contributed by atoms with van der Waals surface area (Å²) in [5, 5.41) is 0. The van der Waals surface area contributed by atoms with Crippen molar-refractivity contribution in [2.24, 2.45) is 0 Å². The second-order valence-electron chi connectivity index (χ2n) is 7.90. The first kappa shape index (κ1) is 20.7. The molecule has 0 aromatic heterocycles. The molecule has 0 radical (unpaired) electrons. The Kier molecular flexibility index (Phi) is 5.48. The third-order valence-electron chi connectivity index (χ3n) is 5.61. The Morgan fingerprint density at radius 3 is 2.45 bits per heavy atom. The second kappa shape index (κ2) is 8.74. The summed E-state index contributed by atoms with van der Waals surface area (Å²) in [6, 6.07) is 23.8. The first-order valence-corrected chi connectivity index (χ1v) is 10.7. The molecule has 0 aliphatic carbocycles. The van der Waals surface area contributed by atoms with Gasteiger partial charge in [-0.25, -0.2) is 9.37 Å². The average Bonchev–Trinajstić information content (AvgIpc) is 3.15. The summed E-state index contributed by atoms with van der Waals surface area (Å²) < 4.78 is 20.7. The number of nitrogens with zero attached hydrogens (tertiary/aromatic N) is 2. The van der Waals surface area contributed by atoms with Crippen molar-refractivity contribution in [1.82, 2.24) is 14.5 Å². The van der Waals surface area contributed by atoms with Crippen molar-refractivity contribution in [1.29, 1.82) is 0 Å². The zero-order valence-electron chi connectivity index (χ0n) is 18.1. The van der Waals surface area contributed by atoms with Crippen LogP contribution in [0, 0.1) is 5.82 Å². The van der Waals surface area contributed by atoms with E-state index in [0.29, 0.717) is 24.4 Å². The third kappa shape index (κ3) is 4.28. The normalized spacial score (nSPS) is 11.1. The molecule has 0 saturated carbocycles. The number of nitrogens with one attached hydrogen (secondary N) is 1.